The summed E-state index contributed by atoms with van der Waals surface area (Å²) in [5.74, 6) is -2.67. The number of nitrogens with zero attached hydrogens (tertiary/aromatic N) is 14. The van der Waals surface area contributed by atoms with Crippen LogP contribution >= 0.6 is 92.7 Å². The van der Waals surface area contributed by atoms with Crippen LogP contribution in [0, 0.1) is 34.0 Å². The van der Waals surface area contributed by atoms with Crippen LogP contribution < -0.4 is 31.9 Å². The number of ether oxygens (including phenoxy) is 2. The number of hydrogen-bond acceptors (Lipinski definition) is 22. The number of sulfonamides is 2. The maximum absolute atomic E-state index is 14.1. The Hall–Kier alpha value is -9.75. The molecule has 0 unspecified atom stereocenters. The maximum atomic E-state index is 14.1. The average Bonchev–Trinajstić information content (AvgIpc) is 1.55. The Morgan fingerprint density at radius 1 is 0.491 bits per heavy atom. The molecule has 6 aliphatic heterocycles. The summed E-state index contributed by atoms with van der Waals surface area (Å²) in [7, 11) is -4.44. The lowest BCUT2D eigenvalue weighted by atomic mass is 9.91. The molecule has 15 rings (SSSR count). The van der Waals surface area contributed by atoms with Crippen LogP contribution in [0.1, 0.15) is 73.4 Å². The van der Waals surface area contributed by atoms with Gasteiger partial charge in [-0.2, -0.15) is 24.4 Å². The molecule has 0 bridgehead atoms. The number of aromatic nitrogens is 6. The summed E-state index contributed by atoms with van der Waals surface area (Å²) in [5.41, 5.74) is 5.62. The van der Waals surface area contributed by atoms with Crippen molar-refractivity contribution in [2.75, 3.05) is 48.6 Å². The van der Waals surface area contributed by atoms with Crippen molar-refractivity contribution in [1.29, 1.82) is 15.8 Å². The summed E-state index contributed by atoms with van der Waals surface area (Å²) >= 11 is 37.1. The molecule has 606 valence electrons. The number of nitrogens with one attached hydrogen (secondary N) is 1. The number of benzene rings is 6. The van der Waals surface area contributed by atoms with Crippen LogP contribution in [-0.4, -0.2) is 150 Å². The first-order valence-electron chi connectivity index (χ1n) is 34.2. The van der Waals surface area contributed by atoms with Gasteiger partial charge in [-0.25, -0.2) is 54.9 Å². The van der Waals surface area contributed by atoms with E-state index in [1.807, 2.05) is 12.1 Å². The summed E-state index contributed by atoms with van der Waals surface area (Å²) in [6, 6.07) is 37.9. The van der Waals surface area contributed by atoms with E-state index in [2.05, 4.69) is 31.1 Å². The molecule has 3 saturated heterocycles. The van der Waals surface area contributed by atoms with Crippen molar-refractivity contribution in [3.05, 3.63) is 210 Å². The minimum absolute atomic E-state index is 0. The minimum Gasteiger partial charge on any atom is -0.468 e. The number of fused-ring (bicyclic) bond motifs is 3. The second-order valence-electron chi connectivity index (χ2n) is 27.3. The van der Waals surface area contributed by atoms with Crippen molar-refractivity contribution in [3.8, 4) is 18.2 Å². The first-order valence-corrected chi connectivity index (χ1v) is 41.6. The molecule has 3 aromatic heterocycles. The van der Waals surface area contributed by atoms with E-state index in [1.165, 1.54) is 110 Å². The van der Waals surface area contributed by atoms with E-state index in [0.29, 0.717) is 67.8 Å². The molecule has 9 aromatic rings. The Labute approximate surface area is 705 Å². The number of esters is 2. The van der Waals surface area contributed by atoms with Gasteiger partial charge >= 0.3 is 11.9 Å². The average molecular weight is 1800 g/mol. The van der Waals surface area contributed by atoms with E-state index in [-0.39, 0.29) is 116 Å². The molecule has 0 saturated carbocycles. The largest absolute Gasteiger partial charge is 0.468 e. The number of amides is 4. The van der Waals surface area contributed by atoms with Crippen molar-refractivity contribution in [1.82, 2.24) is 48.7 Å². The van der Waals surface area contributed by atoms with Crippen molar-refractivity contribution < 1.29 is 63.5 Å². The van der Waals surface area contributed by atoms with Crippen LogP contribution in [0.3, 0.4) is 0 Å². The van der Waals surface area contributed by atoms with E-state index in [1.54, 1.807) is 93.6 Å². The number of nitriles is 3. The van der Waals surface area contributed by atoms with Crippen molar-refractivity contribution in [2.45, 2.75) is 109 Å². The lowest BCUT2D eigenvalue weighted by molar-refractivity contribution is -0.148. The van der Waals surface area contributed by atoms with Crippen LogP contribution in [0.25, 0.3) is 0 Å². The van der Waals surface area contributed by atoms with E-state index in [4.69, 9.17) is 107 Å². The quantitative estimate of drug-likeness (QED) is 0.0563. The molecule has 6 aromatic carbocycles. The fourth-order valence-electron chi connectivity index (χ4n) is 13.9. The van der Waals surface area contributed by atoms with Gasteiger partial charge < -0.3 is 26.7 Å². The van der Waals surface area contributed by atoms with Gasteiger partial charge in [-0.3, -0.25) is 42.5 Å². The highest BCUT2D eigenvalue weighted by Crippen LogP contribution is 2.50. The van der Waals surface area contributed by atoms with Gasteiger partial charge in [0.1, 0.15) is 34.7 Å². The van der Waals surface area contributed by atoms with Gasteiger partial charge in [-0.15, -0.1) is 12.4 Å². The molecule has 31 nitrogen and oxygen atoms in total. The summed E-state index contributed by atoms with van der Waals surface area (Å²) in [5, 5.41) is 31.2. The first kappa shape index (κ1) is 88.6. The number of imidazole rings is 3. The number of hydrogen-bond donors (Lipinski definition) is 3. The number of nitrogens with two attached hydrogens (primary N) is 1. The molecule has 4 amide bonds. The molecule has 6 atom stereocenters. The van der Waals surface area contributed by atoms with Gasteiger partial charge in [0, 0.05) is 73.2 Å². The van der Waals surface area contributed by atoms with Crippen LogP contribution in [0.15, 0.2) is 161 Å². The third-order valence-corrected chi connectivity index (χ3v) is 26.2. The third kappa shape index (κ3) is 16.7. The molecule has 6 N–H and O–H groups in total. The Kier molecular flexibility index (Phi) is 26.3. The van der Waals surface area contributed by atoms with Crippen LogP contribution in [0.2, 0.25) is 30.1 Å². The Morgan fingerprint density at radius 3 is 1.01 bits per heavy atom. The Morgan fingerprint density at radius 2 is 0.776 bits per heavy atom. The molecular formula is C74H67Cl8N17O14S3. The van der Waals surface area contributed by atoms with Crippen LogP contribution in [-0.2, 0) is 103 Å². The molecular weight excluding hydrogens is 1730 g/mol. The van der Waals surface area contributed by atoms with Gasteiger partial charge in [0.05, 0.1) is 84.8 Å². The van der Waals surface area contributed by atoms with Gasteiger partial charge in [0.2, 0.25) is 23.8 Å². The summed E-state index contributed by atoms with van der Waals surface area (Å²) in [4.78, 5) is 92.9. The summed E-state index contributed by atoms with van der Waals surface area (Å²) < 4.78 is 94.8. The minimum atomic E-state index is -4.25. The second kappa shape index (κ2) is 34.4. The standard InChI is InChI=1S/C25H21Cl2N5O5S.C24H20Cl2N6O4S.C20H13Cl3N4O3S.C5H9NO2.ClH.H3N/c1-25(12-15-3-5-16(13-28)6-4-15)23(34)31(19-10-17(26)9-18(27)11-19)24-29-14-21(32(24)25)38(35,36)30-8-7-20(30)22(33)37-2;1-24(11-14-2-4-15(12-27)5-3-14)22(34)31(18-9-16(25)8-17(26)10-18)23-29-13-20(32(23)24)37(35,36)30-7-6-19(30)21(28)33;1-20(9-12-2-4-13(10-24)5-3-12)18(28)26(16-7-14(21)6-15(22)8-16)19-25-11-17(27(19)20)31(23,29)30;1-8-5(7)4-2-3-6-4;;/h3-6,9-11,14,20H,7-8,12H2,1-2H3;2-5,8-10,13,19H,6-7,11H2,1H3,(H2,28,33);2-8,11H,9H2,1H3;4,6H,2-3H2,1H3;1H;1H3/t20-,25+;19-,24+;20-;4-;;/m0010../s1. The second-order valence-corrected chi connectivity index (χ2v) is 36.1. The predicted molar refractivity (Wildman–Crippen MR) is 433 cm³/mol. The number of anilines is 6. The molecule has 9 heterocycles. The highest BCUT2D eigenvalue weighted by molar-refractivity contribution is 8.13. The van der Waals surface area contributed by atoms with Gasteiger partial charge in [-0.1, -0.05) is 106 Å². The van der Waals surface area contributed by atoms with Gasteiger partial charge in [0.25, 0.3) is 46.8 Å². The van der Waals surface area contributed by atoms with E-state index < -0.39 is 87.4 Å². The summed E-state index contributed by atoms with van der Waals surface area (Å²) in [6.07, 6.45) is 5.33. The highest BCUT2D eigenvalue weighted by atomic mass is 35.7. The van der Waals surface area contributed by atoms with E-state index in [9.17, 15) is 54.0 Å². The highest BCUT2D eigenvalue weighted by Gasteiger charge is 2.57. The maximum Gasteiger partial charge on any atom is 0.324 e. The topological polar surface area (TPSA) is 437 Å². The van der Waals surface area contributed by atoms with Gasteiger partial charge in [0.15, 0.2) is 15.1 Å². The molecule has 0 aliphatic carbocycles. The molecule has 6 aliphatic rings. The number of carbonyl (C=O) groups is 6. The Balaban J connectivity index is 0.000000174. The summed E-state index contributed by atoms with van der Waals surface area (Å²) in [6.45, 7) is 6.03. The Bertz CT molecular complexity index is 5880. The number of primary amides is 1. The molecule has 3 fully saturated rings. The third-order valence-electron chi connectivity index (χ3n) is 19.9. The molecule has 42 heteroatoms. The fourth-order valence-corrected chi connectivity index (χ4v) is 20.1. The SMILES string of the molecule is COC(=O)[C@@H]1CCN1.COC(=O)[C@@H]1CCN1S(=O)(=O)c1cnc2n1[C@](C)(Cc1ccc(C#N)cc1)C(=O)N2c1cc(Cl)cc(Cl)c1.C[C@@]1(Cc2ccc(C#N)cc2)C(=O)N(c2cc(Cl)cc(Cl)c2)c2ncc(S(=O)(=O)Cl)n21.C[C@@]1(Cc2ccc(C#N)cc2)C(=O)N(c2cc(Cl)cc(Cl)c2)c2ncc(S(=O)(=O)N3CC[C@H]3C(N)=O)n21.Cl.N. The molecule has 0 radical (unpaired) electrons. The molecule has 0 spiro atoms. The van der Waals surface area contributed by atoms with Crippen LogP contribution in [0.5, 0.6) is 0 Å². The zero-order valence-electron chi connectivity index (χ0n) is 61.5. The van der Waals surface area contributed by atoms with E-state index in [0.717, 1.165) is 33.3 Å². The smallest absolute Gasteiger partial charge is 0.324 e. The number of halogens is 8. The first-order chi connectivity index (χ1) is 53.9. The zero-order chi connectivity index (χ0) is 82.6. The van der Waals surface area contributed by atoms with Crippen molar-refractivity contribution in [2.24, 2.45) is 5.73 Å². The zero-order valence-corrected chi connectivity index (χ0v) is 70.0. The lowest BCUT2D eigenvalue weighted by Gasteiger charge is -2.37. The number of carbonyl (C=O) groups excluding carboxylic acids is 6. The van der Waals surface area contributed by atoms with Crippen molar-refractivity contribution in [3.63, 3.8) is 0 Å². The molecule has 116 heavy (non-hydrogen) atoms. The lowest BCUT2D eigenvalue weighted by Crippen LogP contribution is -2.57. The van der Waals surface area contributed by atoms with E-state index >= 15 is 0 Å². The predicted octanol–water partition coefficient (Wildman–Crippen LogP) is 11.3. The van der Waals surface area contributed by atoms with Gasteiger partial charge in [-0.05, 0) is 154 Å². The normalized spacial score (nSPS) is 20.4. The number of rotatable bonds is 17. The monoisotopic (exact) mass is 1790 g/mol. The van der Waals surface area contributed by atoms with Crippen molar-refractivity contribution >= 4 is 192 Å². The van der Waals surface area contributed by atoms with Crippen LogP contribution in [0.4, 0.5) is 34.9 Å². The number of methoxy groups -OCH3 is 2. The fraction of sp³-hybridized carbons (Fsp3) is 0.270.